The Labute approximate surface area is 178 Å². The van der Waals surface area contributed by atoms with Crippen molar-refractivity contribution in [2.45, 2.75) is 43.0 Å². The van der Waals surface area contributed by atoms with Crippen LogP contribution in [0.5, 0.6) is 0 Å². The minimum atomic E-state index is -0.369. The van der Waals surface area contributed by atoms with E-state index in [1.54, 1.807) is 17.7 Å². The predicted octanol–water partition coefficient (Wildman–Crippen LogP) is 4.59. The SMILES string of the molecule is CC(Sc1nc2ccccc2c(=O)n1C)C(=O)n1c2c(c3ccccc31)CCCC2. The fourth-order valence-corrected chi connectivity index (χ4v) is 5.36. The number of aromatic nitrogens is 3. The van der Waals surface area contributed by atoms with Gasteiger partial charge in [-0.1, -0.05) is 42.1 Å². The number of aryl methyl sites for hydroxylation is 1. The molecule has 6 heteroatoms. The van der Waals surface area contributed by atoms with Crippen LogP contribution < -0.4 is 5.56 Å². The van der Waals surface area contributed by atoms with E-state index in [4.69, 9.17) is 0 Å². The molecular weight excluding hydrogens is 394 g/mol. The summed E-state index contributed by atoms with van der Waals surface area (Å²) in [5.41, 5.74) is 4.03. The lowest BCUT2D eigenvalue weighted by Crippen LogP contribution is -2.26. The number of carbonyl (C=O) groups is 1. The molecule has 2 aromatic heterocycles. The Bertz CT molecular complexity index is 1350. The molecule has 1 unspecified atom stereocenters. The fourth-order valence-electron chi connectivity index (χ4n) is 4.44. The van der Waals surface area contributed by atoms with Crippen molar-refractivity contribution in [3.8, 4) is 0 Å². The highest BCUT2D eigenvalue weighted by Gasteiger charge is 2.27. The lowest BCUT2D eigenvalue weighted by atomic mass is 9.95. The number of thioether (sulfide) groups is 1. The van der Waals surface area contributed by atoms with Gasteiger partial charge in [0.25, 0.3) is 5.56 Å². The Balaban J connectivity index is 1.55. The Morgan fingerprint density at radius 3 is 2.57 bits per heavy atom. The normalized spacial score (nSPS) is 14.7. The smallest absolute Gasteiger partial charge is 0.261 e. The summed E-state index contributed by atoms with van der Waals surface area (Å²) in [6.07, 6.45) is 4.24. The van der Waals surface area contributed by atoms with Crippen molar-refractivity contribution in [2.24, 2.45) is 7.05 Å². The lowest BCUT2D eigenvalue weighted by Gasteiger charge is -2.18. The van der Waals surface area contributed by atoms with Crippen molar-refractivity contribution in [3.05, 3.63) is 70.1 Å². The lowest BCUT2D eigenvalue weighted by molar-refractivity contribution is 0.0916. The van der Waals surface area contributed by atoms with Gasteiger partial charge in [-0.15, -0.1) is 0 Å². The van der Waals surface area contributed by atoms with Crippen molar-refractivity contribution in [2.75, 3.05) is 0 Å². The van der Waals surface area contributed by atoms with Gasteiger partial charge in [-0.3, -0.25) is 18.7 Å². The predicted molar refractivity (Wildman–Crippen MR) is 122 cm³/mol. The largest absolute Gasteiger partial charge is 0.290 e. The van der Waals surface area contributed by atoms with Crippen molar-refractivity contribution < 1.29 is 4.79 Å². The molecular formula is C24H23N3O2S. The Kier molecular flexibility index (Phi) is 4.74. The third-order valence-corrected chi connectivity index (χ3v) is 7.10. The molecule has 5 nitrogen and oxygen atoms in total. The second kappa shape index (κ2) is 7.43. The van der Waals surface area contributed by atoms with Crippen LogP contribution in [0.25, 0.3) is 21.8 Å². The molecule has 2 aromatic carbocycles. The second-order valence-electron chi connectivity index (χ2n) is 7.86. The van der Waals surface area contributed by atoms with Crippen molar-refractivity contribution in [1.29, 1.82) is 0 Å². The van der Waals surface area contributed by atoms with E-state index in [0.717, 1.165) is 30.5 Å². The highest BCUT2D eigenvalue weighted by Crippen LogP contribution is 2.33. The minimum Gasteiger partial charge on any atom is -0.290 e. The maximum Gasteiger partial charge on any atom is 0.261 e. The van der Waals surface area contributed by atoms with Crippen LogP contribution >= 0.6 is 11.8 Å². The van der Waals surface area contributed by atoms with Gasteiger partial charge in [0.15, 0.2) is 5.16 Å². The van der Waals surface area contributed by atoms with Crippen LogP contribution in [0.3, 0.4) is 0 Å². The van der Waals surface area contributed by atoms with Crippen LogP contribution in [-0.4, -0.2) is 25.3 Å². The first kappa shape index (κ1) is 19.1. The van der Waals surface area contributed by atoms with Gasteiger partial charge in [0.1, 0.15) is 0 Å². The first-order chi connectivity index (χ1) is 14.6. The van der Waals surface area contributed by atoms with Gasteiger partial charge < -0.3 is 0 Å². The van der Waals surface area contributed by atoms with Crippen LogP contribution in [0.15, 0.2) is 58.5 Å². The Hall–Kier alpha value is -2.86. The van der Waals surface area contributed by atoms with Gasteiger partial charge in [-0.2, -0.15) is 0 Å². The molecule has 0 saturated heterocycles. The van der Waals surface area contributed by atoms with E-state index >= 15 is 0 Å². The molecule has 2 heterocycles. The molecule has 0 N–H and O–H groups in total. The molecule has 0 radical (unpaired) electrons. The number of carbonyl (C=O) groups excluding carboxylic acids is 1. The molecule has 30 heavy (non-hydrogen) atoms. The van der Waals surface area contributed by atoms with Gasteiger partial charge in [-0.05, 0) is 56.4 Å². The molecule has 4 aromatic rings. The van der Waals surface area contributed by atoms with E-state index in [0.29, 0.717) is 16.1 Å². The molecule has 0 amide bonds. The summed E-state index contributed by atoms with van der Waals surface area (Å²) in [6, 6.07) is 15.5. The maximum atomic E-state index is 13.6. The Morgan fingerprint density at radius 1 is 1.03 bits per heavy atom. The molecule has 0 saturated carbocycles. The van der Waals surface area contributed by atoms with E-state index in [1.807, 2.05) is 47.9 Å². The van der Waals surface area contributed by atoms with Crippen molar-refractivity contribution in [3.63, 3.8) is 0 Å². The van der Waals surface area contributed by atoms with E-state index in [2.05, 4.69) is 11.1 Å². The van der Waals surface area contributed by atoms with E-state index in [9.17, 15) is 9.59 Å². The average molecular weight is 418 g/mol. The zero-order valence-electron chi connectivity index (χ0n) is 17.1. The molecule has 0 fully saturated rings. The minimum absolute atomic E-state index is 0.0433. The highest BCUT2D eigenvalue weighted by atomic mass is 32.2. The number of nitrogens with zero attached hydrogens (tertiary/aromatic N) is 3. The maximum absolute atomic E-state index is 13.6. The number of fused-ring (bicyclic) bond motifs is 4. The topological polar surface area (TPSA) is 56.9 Å². The second-order valence-corrected chi connectivity index (χ2v) is 9.17. The fraction of sp³-hybridized carbons (Fsp3) is 0.292. The van der Waals surface area contributed by atoms with Gasteiger partial charge in [0, 0.05) is 18.1 Å². The monoisotopic (exact) mass is 417 g/mol. The standard InChI is InChI=1S/C24H23N3O2S/c1-15(30-24-25-19-12-6-3-11-18(19)23(29)26(24)2)22(28)27-20-13-7-4-9-16(20)17-10-5-8-14-21(17)27/h3-4,6-7,9,11-13,15H,5,8,10,14H2,1-2H3. The third kappa shape index (κ3) is 2.98. The molecule has 0 spiro atoms. The number of para-hydroxylation sites is 2. The van der Waals surface area contributed by atoms with Gasteiger partial charge in [0.05, 0.1) is 21.7 Å². The highest BCUT2D eigenvalue weighted by molar-refractivity contribution is 8.00. The van der Waals surface area contributed by atoms with E-state index < -0.39 is 0 Å². The van der Waals surface area contributed by atoms with Gasteiger partial charge in [0.2, 0.25) is 5.91 Å². The molecule has 0 aliphatic heterocycles. The number of benzene rings is 2. The van der Waals surface area contributed by atoms with Crippen LogP contribution in [0.4, 0.5) is 0 Å². The Morgan fingerprint density at radius 2 is 1.73 bits per heavy atom. The summed E-state index contributed by atoms with van der Waals surface area (Å²) >= 11 is 1.35. The number of hydrogen-bond acceptors (Lipinski definition) is 4. The summed E-state index contributed by atoms with van der Waals surface area (Å²) in [5.74, 6) is 0.0433. The number of hydrogen-bond donors (Lipinski definition) is 0. The van der Waals surface area contributed by atoms with Crippen molar-refractivity contribution in [1.82, 2.24) is 14.1 Å². The molecule has 5 rings (SSSR count). The first-order valence-corrected chi connectivity index (χ1v) is 11.2. The average Bonchev–Trinajstić information content (AvgIpc) is 3.11. The molecule has 152 valence electrons. The zero-order chi connectivity index (χ0) is 20.8. The van der Waals surface area contributed by atoms with Crippen LogP contribution in [0.1, 0.15) is 35.8 Å². The van der Waals surface area contributed by atoms with E-state index in [1.165, 1.54) is 29.1 Å². The van der Waals surface area contributed by atoms with Crippen molar-refractivity contribution >= 4 is 39.5 Å². The summed E-state index contributed by atoms with van der Waals surface area (Å²) < 4.78 is 3.46. The molecule has 0 bridgehead atoms. The summed E-state index contributed by atoms with van der Waals surface area (Å²) in [5, 5.41) is 1.97. The molecule has 1 aliphatic carbocycles. The summed E-state index contributed by atoms with van der Waals surface area (Å²) in [6.45, 7) is 1.90. The van der Waals surface area contributed by atoms with Crippen LogP contribution in [0, 0.1) is 0 Å². The zero-order valence-corrected chi connectivity index (χ0v) is 17.9. The molecule has 1 atom stereocenters. The first-order valence-electron chi connectivity index (χ1n) is 10.3. The molecule has 1 aliphatic rings. The van der Waals surface area contributed by atoms with Gasteiger partial charge in [-0.25, -0.2) is 4.98 Å². The summed E-state index contributed by atoms with van der Waals surface area (Å²) in [4.78, 5) is 31.0. The van der Waals surface area contributed by atoms with Crippen LogP contribution in [0.2, 0.25) is 0 Å². The number of rotatable bonds is 3. The van der Waals surface area contributed by atoms with Gasteiger partial charge >= 0.3 is 0 Å². The van der Waals surface area contributed by atoms with Crippen LogP contribution in [-0.2, 0) is 19.9 Å². The quantitative estimate of drug-likeness (QED) is 0.361. The summed E-state index contributed by atoms with van der Waals surface area (Å²) in [7, 11) is 1.72. The van der Waals surface area contributed by atoms with E-state index in [-0.39, 0.29) is 16.7 Å². The third-order valence-electron chi connectivity index (χ3n) is 5.97.